The Labute approximate surface area is 103 Å². The molecule has 1 N–H and O–H groups in total. The molecule has 1 aliphatic rings. The van der Waals surface area contributed by atoms with Gasteiger partial charge >= 0.3 is 5.97 Å². The zero-order valence-corrected chi connectivity index (χ0v) is 9.39. The number of nitrogens with one attached hydrogen (secondary N) is 1. The van der Waals surface area contributed by atoms with Crippen LogP contribution >= 0.6 is 0 Å². The van der Waals surface area contributed by atoms with Crippen molar-refractivity contribution in [3.8, 4) is 0 Å². The number of hydrogen-bond donors (Lipinski definition) is 1. The highest BCUT2D eigenvalue weighted by molar-refractivity contribution is 5.94. The summed E-state index contributed by atoms with van der Waals surface area (Å²) in [7, 11) is 0. The number of hydrogen-bond acceptors (Lipinski definition) is 3. The van der Waals surface area contributed by atoms with E-state index in [0.29, 0.717) is 11.3 Å². The highest BCUT2D eigenvalue weighted by Crippen LogP contribution is 2.31. The van der Waals surface area contributed by atoms with Crippen LogP contribution < -0.4 is 5.32 Å². The summed E-state index contributed by atoms with van der Waals surface area (Å²) in [5.74, 6) is -0.697. The zero-order chi connectivity index (χ0) is 12.5. The van der Waals surface area contributed by atoms with E-state index >= 15 is 0 Å². The average Bonchev–Trinajstić information content (AvgIpc) is 2.67. The highest BCUT2D eigenvalue weighted by atomic mass is 19.1. The van der Waals surface area contributed by atoms with Crippen LogP contribution in [0.3, 0.4) is 0 Å². The Morgan fingerprint density at radius 2 is 1.94 bits per heavy atom. The summed E-state index contributed by atoms with van der Waals surface area (Å²) >= 11 is 0. The van der Waals surface area contributed by atoms with Crippen molar-refractivity contribution in [1.29, 1.82) is 0 Å². The first-order valence-electron chi connectivity index (χ1n) is 5.56. The van der Waals surface area contributed by atoms with Crippen LogP contribution in [0.5, 0.6) is 0 Å². The minimum atomic E-state index is -0.560. The molecule has 0 bridgehead atoms. The van der Waals surface area contributed by atoms with Gasteiger partial charge in [0.2, 0.25) is 6.23 Å². The second kappa shape index (κ2) is 4.14. The fourth-order valence-corrected chi connectivity index (χ4v) is 1.98. The number of ether oxygens (including phenoxy) is 1. The second-order valence-corrected chi connectivity index (χ2v) is 4.03. The molecule has 0 saturated carbocycles. The van der Waals surface area contributed by atoms with Crippen LogP contribution in [0.2, 0.25) is 0 Å². The summed E-state index contributed by atoms with van der Waals surface area (Å²) in [6.07, 6.45) is -0.560. The molecule has 1 heterocycles. The molecule has 1 atom stereocenters. The van der Waals surface area contributed by atoms with Gasteiger partial charge in [-0.1, -0.05) is 24.3 Å². The van der Waals surface area contributed by atoms with E-state index in [9.17, 15) is 9.18 Å². The van der Waals surface area contributed by atoms with Gasteiger partial charge in [0.25, 0.3) is 0 Å². The first-order chi connectivity index (χ1) is 8.74. The van der Waals surface area contributed by atoms with Crippen molar-refractivity contribution in [2.45, 2.75) is 6.23 Å². The number of cyclic esters (lactones) is 1. The van der Waals surface area contributed by atoms with E-state index in [-0.39, 0.29) is 11.8 Å². The maximum absolute atomic E-state index is 13.1. The van der Waals surface area contributed by atoms with Gasteiger partial charge in [-0.15, -0.1) is 0 Å². The van der Waals surface area contributed by atoms with E-state index in [1.165, 1.54) is 12.1 Å². The molecule has 0 aromatic heterocycles. The first kappa shape index (κ1) is 10.8. The molecule has 1 unspecified atom stereocenters. The van der Waals surface area contributed by atoms with Crippen LogP contribution in [-0.4, -0.2) is 5.97 Å². The van der Waals surface area contributed by atoms with E-state index in [0.717, 1.165) is 5.56 Å². The van der Waals surface area contributed by atoms with Crippen molar-refractivity contribution >= 4 is 11.7 Å². The molecule has 1 aliphatic heterocycles. The summed E-state index contributed by atoms with van der Waals surface area (Å²) < 4.78 is 18.3. The minimum Gasteiger partial charge on any atom is -0.434 e. The molecule has 0 amide bonds. The molecule has 0 spiro atoms. The molecule has 0 fully saturated rings. The van der Waals surface area contributed by atoms with Crippen LogP contribution in [0.4, 0.5) is 10.1 Å². The number of esters is 1. The van der Waals surface area contributed by atoms with E-state index in [4.69, 9.17) is 4.74 Å². The summed E-state index contributed by atoms with van der Waals surface area (Å²) in [5.41, 5.74) is 1.89. The van der Waals surface area contributed by atoms with Crippen molar-refractivity contribution in [2.75, 3.05) is 5.32 Å². The van der Waals surface area contributed by atoms with Gasteiger partial charge < -0.3 is 10.1 Å². The number of rotatable bonds is 2. The molecule has 2 aromatic carbocycles. The van der Waals surface area contributed by atoms with Gasteiger partial charge in [-0.2, -0.15) is 0 Å². The largest absolute Gasteiger partial charge is 0.434 e. The fourth-order valence-electron chi connectivity index (χ4n) is 1.98. The lowest BCUT2D eigenvalue weighted by molar-refractivity contribution is 0.0437. The molecule has 0 radical (unpaired) electrons. The van der Waals surface area contributed by atoms with E-state index in [1.54, 1.807) is 24.3 Å². The van der Waals surface area contributed by atoms with Gasteiger partial charge in [-0.05, 0) is 24.3 Å². The molecule has 4 heteroatoms. The predicted octanol–water partition coefficient (Wildman–Crippen LogP) is 3.11. The van der Waals surface area contributed by atoms with Crippen LogP contribution in [0.1, 0.15) is 22.1 Å². The van der Waals surface area contributed by atoms with Crippen LogP contribution in [0, 0.1) is 5.82 Å². The Bertz CT molecular complexity index is 612. The molecule has 3 rings (SSSR count). The Kier molecular flexibility index (Phi) is 2.48. The van der Waals surface area contributed by atoms with Crippen molar-refractivity contribution in [2.24, 2.45) is 0 Å². The summed E-state index contributed by atoms with van der Waals surface area (Å²) in [6, 6.07) is 13.2. The SMILES string of the molecule is O=C1OC(Nc2cccc(F)c2)c2ccccc21. The third-order valence-corrected chi connectivity index (χ3v) is 2.81. The maximum Gasteiger partial charge on any atom is 0.340 e. The van der Waals surface area contributed by atoms with Crippen LogP contribution in [0.15, 0.2) is 48.5 Å². The fraction of sp³-hybridized carbons (Fsp3) is 0.0714. The maximum atomic E-state index is 13.1. The predicted molar refractivity (Wildman–Crippen MR) is 64.6 cm³/mol. The summed E-state index contributed by atoms with van der Waals surface area (Å²) in [4.78, 5) is 11.6. The lowest BCUT2D eigenvalue weighted by Crippen LogP contribution is -2.10. The van der Waals surface area contributed by atoms with Crippen molar-refractivity contribution in [3.05, 3.63) is 65.5 Å². The van der Waals surface area contributed by atoms with E-state index in [1.807, 2.05) is 12.1 Å². The minimum absolute atomic E-state index is 0.336. The van der Waals surface area contributed by atoms with E-state index < -0.39 is 6.23 Å². The monoisotopic (exact) mass is 243 g/mol. The molecule has 90 valence electrons. The highest BCUT2D eigenvalue weighted by Gasteiger charge is 2.30. The third-order valence-electron chi connectivity index (χ3n) is 2.81. The normalized spacial score (nSPS) is 17.2. The summed E-state index contributed by atoms with van der Waals surface area (Å²) in [5, 5.41) is 2.99. The van der Waals surface area contributed by atoms with Gasteiger partial charge in [0.1, 0.15) is 5.82 Å². The quantitative estimate of drug-likeness (QED) is 0.823. The lowest BCUT2D eigenvalue weighted by Gasteiger charge is -2.14. The Balaban J connectivity index is 1.90. The molecule has 0 aliphatic carbocycles. The molecule has 18 heavy (non-hydrogen) atoms. The van der Waals surface area contributed by atoms with Gasteiger partial charge in [0, 0.05) is 11.3 Å². The number of anilines is 1. The van der Waals surface area contributed by atoms with Gasteiger partial charge in [-0.25, -0.2) is 9.18 Å². The van der Waals surface area contributed by atoms with Crippen LogP contribution in [-0.2, 0) is 4.74 Å². The number of carbonyl (C=O) groups excluding carboxylic acids is 1. The van der Waals surface area contributed by atoms with Crippen LogP contribution in [0.25, 0.3) is 0 Å². The zero-order valence-electron chi connectivity index (χ0n) is 9.39. The number of carbonyl (C=O) groups is 1. The summed E-state index contributed by atoms with van der Waals surface area (Å²) in [6.45, 7) is 0. The smallest absolute Gasteiger partial charge is 0.340 e. The van der Waals surface area contributed by atoms with Crippen molar-refractivity contribution in [3.63, 3.8) is 0 Å². The van der Waals surface area contributed by atoms with E-state index in [2.05, 4.69) is 5.32 Å². The molecule has 2 aromatic rings. The second-order valence-electron chi connectivity index (χ2n) is 4.03. The Hall–Kier alpha value is -2.36. The van der Waals surface area contributed by atoms with Gasteiger partial charge in [-0.3, -0.25) is 0 Å². The lowest BCUT2D eigenvalue weighted by atomic mass is 10.1. The number of halogens is 1. The number of benzene rings is 2. The Morgan fingerprint density at radius 3 is 2.78 bits per heavy atom. The molecular weight excluding hydrogens is 233 g/mol. The Morgan fingerprint density at radius 1 is 1.11 bits per heavy atom. The van der Waals surface area contributed by atoms with Crippen molar-refractivity contribution < 1.29 is 13.9 Å². The molecular formula is C14H10FNO2. The molecule has 3 nitrogen and oxygen atoms in total. The van der Waals surface area contributed by atoms with Gasteiger partial charge in [0.05, 0.1) is 5.56 Å². The topological polar surface area (TPSA) is 38.3 Å². The molecule has 0 saturated heterocycles. The third kappa shape index (κ3) is 1.82. The average molecular weight is 243 g/mol. The number of fused-ring (bicyclic) bond motifs is 1. The first-order valence-corrected chi connectivity index (χ1v) is 5.56. The van der Waals surface area contributed by atoms with Crippen molar-refractivity contribution in [1.82, 2.24) is 0 Å². The van der Waals surface area contributed by atoms with Gasteiger partial charge in [0.15, 0.2) is 0 Å². The standard InChI is InChI=1S/C14H10FNO2/c15-9-4-3-5-10(8-9)16-13-11-6-1-2-7-12(11)14(17)18-13/h1-8,13,16H.